The van der Waals surface area contributed by atoms with Gasteiger partial charge in [0.15, 0.2) is 0 Å². The van der Waals surface area contributed by atoms with E-state index in [1.54, 1.807) is 12.3 Å². The van der Waals surface area contributed by atoms with Crippen LogP contribution in [0.5, 0.6) is 5.88 Å². The fraction of sp³-hybridized carbons (Fsp3) is 0.348. The molecule has 0 amide bonds. The average molecular weight is 440 g/mol. The Kier molecular flexibility index (Phi) is 6.98. The quantitative estimate of drug-likeness (QED) is 0.432. The molecule has 0 radical (unpaired) electrons. The maximum Gasteiger partial charge on any atom is 0.232 e. The Balaban J connectivity index is 0.00000204. The van der Waals surface area contributed by atoms with Crippen LogP contribution in [0.25, 0.3) is 10.9 Å². The number of hydrogen-bond acceptors (Lipinski definition) is 8. The fourth-order valence-electron chi connectivity index (χ4n) is 3.58. The molecule has 3 N–H and O–H groups in total. The number of aryl methyl sites for hydroxylation is 2. The van der Waals surface area contributed by atoms with E-state index in [1.807, 2.05) is 6.07 Å². The Morgan fingerprint density at radius 3 is 2.94 bits per heavy atom. The Morgan fingerprint density at radius 2 is 2.12 bits per heavy atom. The Bertz CT molecular complexity index is 1110. The monoisotopic (exact) mass is 439 g/mol. The third kappa shape index (κ3) is 5.43. The van der Waals surface area contributed by atoms with Crippen molar-refractivity contribution in [3.8, 4) is 5.88 Å². The molecule has 1 fully saturated rings. The molecule has 3 heterocycles. The molecule has 0 bridgehead atoms. The van der Waals surface area contributed by atoms with Crippen molar-refractivity contribution < 1.29 is 12.3 Å². The normalized spacial score (nSPS) is 14.7. The lowest BCUT2D eigenvalue weighted by Crippen LogP contribution is -2.38. The van der Waals surface area contributed by atoms with Gasteiger partial charge in [0.25, 0.3) is 0 Å². The highest BCUT2D eigenvalue weighted by Gasteiger charge is 2.12. The molecule has 1 aliphatic heterocycles. The van der Waals surface area contributed by atoms with Crippen LogP contribution in [0, 0.1) is 13.8 Å². The summed E-state index contributed by atoms with van der Waals surface area (Å²) in [6, 6.07) is 8.01. The summed E-state index contributed by atoms with van der Waals surface area (Å²) in [5, 5.41) is 7.56. The smallest absolute Gasteiger partial charge is 0.232 e. The summed E-state index contributed by atoms with van der Waals surface area (Å²) in [6.07, 6.45) is 3.16. The van der Waals surface area contributed by atoms with Crippen LogP contribution in [-0.4, -0.2) is 66.0 Å². The number of aromatic amines is 1. The highest BCUT2D eigenvalue weighted by Crippen LogP contribution is 2.27. The van der Waals surface area contributed by atoms with Gasteiger partial charge in [-0.3, -0.25) is 9.89 Å². The van der Waals surface area contributed by atoms with Crippen LogP contribution in [0.1, 0.15) is 14.1 Å². The van der Waals surface area contributed by atoms with E-state index >= 15 is 0 Å². The summed E-state index contributed by atoms with van der Waals surface area (Å²) in [5.74, 6) is 1.53. The number of anilines is 3. The van der Waals surface area contributed by atoms with Gasteiger partial charge in [-0.15, -0.1) is 0 Å². The van der Waals surface area contributed by atoms with Gasteiger partial charge in [0.2, 0.25) is 11.8 Å². The number of rotatable bonds is 9. The number of nitrogens with one attached hydrogen (secondary N) is 3. The van der Waals surface area contributed by atoms with E-state index in [4.69, 9.17) is 9.47 Å². The van der Waals surface area contributed by atoms with Crippen molar-refractivity contribution in [2.75, 3.05) is 50.1 Å². The molecule has 9 nitrogen and oxygen atoms in total. The molecule has 3 aromatic rings. The zero-order valence-electron chi connectivity index (χ0n) is 18.5. The van der Waals surface area contributed by atoms with Crippen LogP contribution in [-0.2, 0) is 4.74 Å². The summed E-state index contributed by atoms with van der Waals surface area (Å²) in [4.78, 5) is 18.4. The first kappa shape index (κ1) is 21.8. The SMILES string of the molecule is C=N/C=C\Nc1nc(Nc2ccc3[nH]c(C)c(C)c3c2)cc(OCCN2CCOCC2)n1.[HH].[HH]. The van der Waals surface area contributed by atoms with Gasteiger partial charge in [0, 0.05) is 63.2 Å². The largest absolute Gasteiger partial charge is 0.476 e. The van der Waals surface area contributed by atoms with Crippen molar-refractivity contribution in [1.82, 2.24) is 19.9 Å². The molecule has 2 aromatic heterocycles. The number of morpholine rings is 1. The molecule has 1 saturated heterocycles. The van der Waals surface area contributed by atoms with Gasteiger partial charge >= 0.3 is 0 Å². The minimum atomic E-state index is 0. The first-order valence-electron chi connectivity index (χ1n) is 10.7. The third-order valence-corrected chi connectivity index (χ3v) is 5.44. The van der Waals surface area contributed by atoms with E-state index in [0.717, 1.165) is 44.1 Å². The molecular formula is C23H33N7O2. The maximum absolute atomic E-state index is 5.95. The highest BCUT2D eigenvalue weighted by molar-refractivity contribution is 5.88. The van der Waals surface area contributed by atoms with Gasteiger partial charge in [-0.05, 0) is 44.3 Å². The summed E-state index contributed by atoms with van der Waals surface area (Å²) in [5.41, 5.74) is 4.46. The van der Waals surface area contributed by atoms with Crippen molar-refractivity contribution in [2.45, 2.75) is 13.8 Å². The molecular weight excluding hydrogens is 406 g/mol. The Labute approximate surface area is 190 Å². The second-order valence-electron chi connectivity index (χ2n) is 7.62. The van der Waals surface area contributed by atoms with E-state index < -0.39 is 0 Å². The molecule has 9 heteroatoms. The molecule has 0 aliphatic carbocycles. The predicted molar refractivity (Wildman–Crippen MR) is 132 cm³/mol. The lowest BCUT2D eigenvalue weighted by Gasteiger charge is -2.26. The second kappa shape index (κ2) is 10.3. The second-order valence-corrected chi connectivity index (χ2v) is 7.62. The molecule has 0 unspecified atom stereocenters. The Morgan fingerprint density at radius 1 is 1.28 bits per heavy atom. The lowest BCUT2D eigenvalue weighted by atomic mass is 10.1. The first-order chi connectivity index (χ1) is 15.6. The van der Waals surface area contributed by atoms with Crippen molar-refractivity contribution in [2.24, 2.45) is 4.99 Å². The molecule has 1 aromatic carbocycles. The fourth-order valence-corrected chi connectivity index (χ4v) is 3.58. The maximum atomic E-state index is 5.95. The van der Waals surface area contributed by atoms with Crippen molar-refractivity contribution in [3.05, 3.63) is 47.9 Å². The van der Waals surface area contributed by atoms with E-state index in [9.17, 15) is 0 Å². The summed E-state index contributed by atoms with van der Waals surface area (Å²) in [7, 11) is 0. The van der Waals surface area contributed by atoms with E-state index in [-0.39, 0.29) is 2.85 Å². The van der Waals surface area contributed by atoms with Crippen LogP contribution >= 0.6 is 0 Å². The molecule has 1 aliphatic rings. The van der Waals surface area contributed by atoms with Gasteiger partial charge < -0.3 is 25.1 Å². The number of hydrogen-bond donors (Lipinski definition) is 3. The van der Waals surface area contributed by atoms with Gasteiger partial charge in [-0.1, -0.05) is 0 Å². The van der Waals surface area contributed by atoms with Crippen LogP contribution in [0.3, 0.4) is 0 Å². The van der Waals surface area contributed by atoms with Gasteiger partial charge in [0.1, 0.15) is 12.4 Å². The van der Waals surface area contributed by atoms with Gasteiger partial charge in [-0.2, -0.15) is 9.97 Å². The zero-order chi connectivity index (χ0) is 22.3. The average Bonchev–Trinajstić information content (AvgIpc) is 3.08. The number of ether oxygens (including phenoxy) is 2. The topological polar surface area (TPSA) is 99.7 Å². The minimum absolute atomic E-state index is 0. The molecule has 4 rings (SSSR count). The van der Waals surface area contributed by atoms with Crippen LogP contribution < -0.4 is 15.4 Å². The Hall–Kier alpha value is -3.43. The van der Waals surface area contributed by atoms with E-state index in [1.165, 1.54) is 22.8 Å². The van der Waals surface area contributed by atoms with Crippen molar-refractivity contribution in [1.29, 1.82) is 0 Å². The van der Waals surface area contributed by atoms with Crippen LogP contribution in [0.4, 0.5) is 17.5 Å². The third-order valence-electron chi connectivity index (χ3n) is 5.44. The summed E-state index contributed by atoms with van der Waals surface area (Å²) in [6.45, 7) is 12.4. The van der Waals surface area contributed by atoms with Crippen molar-refractivity contribution in [3.63, 3.8) is 0 Å². The number of nitrogens with zero attached hydrogens (tertiary/aromatic N) is 4. The molecule has 0 atom stereocenters. The van der Waals surface area contributed by atoms with Crippen LogP contribution in [0.2, 0.25) is 0 Å². The molecule has 0 spiro atoms. The van der Waals surface area contributed by atoms with Crippen molar-refractivity contribution >= 4 is 35.1 Å². The predicted octanol–water partition coefficient (Wildman–Crippen LogP) is 4.11. The number of benzene rings is 1. The first-order valence-corrected chi connectivity index (χ1v) is 10.7. The van der Waals surface area contributed by atoms with Gasteiger partial charge in [-0.25, -0.2) is 0 Å². The summed E-state index contributed by atoms with van der Waals surface area (Å²) >= 11 is 0. The number of aromatic nitrogens is 3. The highest BCUT2D eigenvalue weighted by atomic mass is 16.5. The van der Waals surface area contributed by atoms with E-state index in [0.29, 0.717) is 24.3 Å². The standard InChI is InChI=1S/C23H29N7O2.2H2/c1-16-17(2)26-20-5-4-18(14-19(16)20)27-21-15-22(29-23(28-21)25-7-6-24-3)32-13-10-30-8-11-31-12-9-30;;/h4-7,14-15,26H,3,8-13H2,1-2H3,(H2,25,27,28,29);2*1H/b7-6-;;. The summed E-state index contributed by atoms with van der Waals surface area (Å²) < 4.78 is 11.3. The lowest BCUT2D eigenvalue weighted by molar-refractivity contribution is 0.0320. The number of H-pyrrole nitrogens is 1. The van der Waals surface area contributed by atoms with Gasteiger partial charge in [0.05, 0.1) is 13.2 Å². The van der Waals surface area contributed by atoms with E-state index in [2.05, 4.69) is 68.2 Å². The van der Waals surface area contributed by atoms with Crippen LogP contribution in [0.15, 0.2) is 41.7 Å². The zero-order valence-corrected chi connectivity index (χ0v) is 18.5. The molecule has 0 saturated carbocycles. The number of aliphatic imine (C=N–C) groups is 1. The molecule has 32 heavy (non-hydrogen) atoms. The molecule has 172 valence electrons. The minimum Gasteiger partial charge on any atom is -0.476 e. The number of fused-ring (bicyclic) bond motifs is 1.